The lowest BCUT2D eigenvalue weighted by molar-refractivity contribution is -0.113. The molecule has 0 aliphatic carbocycles. The normalized spacial score (nSPS) is 10.8. The monoisotopic (exact) mass is 409 g/mol. The largest absolute Gasteiger partial charge is 0.496 e. The maximum Gasteiger partial charge on any atom is 0.234 e. The predicted octanol–water partition coefficient (Wildman–Crippen LogP) is 3.67. The quantitative estimate of drug-likeness (QED) is 0.490. The molecule has 1 N–H and O–H groups in total. The van der Waals surface area contributed by atoms with Gasteiger partial charge in [-0.05, 0) is 48.5 Å². The highest BCUT2D eigenvalue weighted by Crippen LogP contribution is 2.28. The fourth-order valence-electron chi connectivity index (χ4n) is 2.72. The van der Waals surface area contributed by atoms with Crippen molar-refractivity contribution in [2.24, 2.45) is 0 Å². The molecule has 29 heavy (non-hydrogen) atoms. The Kier molecular flexibility index (Phi) is 5.39. The van der Waals surface area contributed by atoms with Gasteiger partial charge in [0.1, 0.15) is 11.6 Å². The number of benzene rings is 2. The summed E-state index contributed by atoms with van der Waals surface area (Å²) in [4.78, 5) is 12.2. The molecule has 4 aromatic rings. The number of nitrogens with zero attached hydrogens (tertiary/aromatic N) is 4. The highest BCUT2D eigenvalue weighted by atomic mass is 32.2. The number of methoxy groups -OCH3 is 1. The molecule has 0 radical (unpaired) electrons. The lowest BCUT2D eigenvalue weighted by Gasteiger charge is -2.08. The van der Waals surface area contributed by atoms with Crippen LogP contribution in [0.25, 0.3) is 16.9 Å². The molecule has 0 bridgehead atoms. The maximum atomic E-state index is 13.0. The number of hydrogen-bond acceptors (Lipinski definition) is 6. The number of anilines is 1. The minimum atomic E-state index is -0.357. The van der Waals surface area contributed by atoms with Crippen LogP contribution in [0.1, 0.15) is 0 Å². The van der Waals surface area contributed by atoms with Crippen molar-refractivity contribution < 1.29 is 13.9 Å². The van der Waals surface area contributed by atoms with E-state index in [-0.39, 0.29) is 17.5 Å². The number of nitrogens with one attached hydrogen (secondary N) is 1. The minimum Gasteiger partial charge on any atom is -0.496 e. The summed E-state index contributed by atoms with van der Waals surface area (Å²) in [6.45, 7) is 0. The molecular weight excluding hydrogens is 393 g/mol. The van der Waals surface area contributed by atoms with Crippen LogP contribution in [0.2, 0.25) is 0 Å². The summed E-state index contributed by atoms with van der Waals surface area (Å²) in [5, 5.41) is 16.0. The first-order valence-corrected chi connectivity index (χ1v) is 9.66. The number of hydrogen-bond donors (Lipinski definition) is 1. The Morgan fingerprint density at radius 3 is 2.69 bits per heavy atom. The van der Waals surface area contributed by atoms with Crippen molar-refractivity contribution >= 4 is 29.0 Å². The lowest BCUT2D eigenvalue weighted by Crippen LogP contribution is -2.14. The highest BCUT2D eigenvalue weighted by molar-refractivity contribution is 7.99. The van der Waals surface area contributed by atoms with Crippen molar-refractivity contribution in [1.29, 1.82) is 0 Å². The van der Waals surface area contributed by atoms with Crippen molar-refractivity contribution in [1.82, 2.24) is 19.8 Å². The number of thioether (sulfide) groups is 1. The maximum absolute atomic E-state index is 13.0. The van der Waals surface area contributed by atoms with Crippen molar-refractivity contribution in [3.05, 3.63) is 66.5 Å². The molecule has 4 rings (SSSR count). The number of halogens is 1. The van der Waals surface area contributed by atoms with E-state index in [0.717, 1.165) is 5.56 Å². The van der Waals surface area contributed by atoms with E-state index in [4.69, 9.17) is 4.74 Å². The van der Waals surface area contributed by atoms with Gasteiger partial charge in [-0.25, -0.2) is 4.39 Å². The SMILES string of the molecule is COc1ccccc1-c1ccc2nnc(SCC(=O)Nc3ccc(F)cc3)n2n1. The molecule has 0 saturated carbocycles. The van der Waals surface area contributed by atoms with Crippen LogP contribution in [-0.2, 0) is 4.79 Å². The van der Waals surface area contributed by atoms with Crippen molar-refractivity contribution in [2.45, 2.75) is 5.16 Å². The highest BCUT2D eigenvalue weighted by Gasteiger charge is 2.13. The van der Waals surface area contributed by atoms with Crippen molar-refractivity contribution in [3.63, 3.8) is 0 Å². The third-order valence-electron chi connectivity index (χ3n) is 4.08. The molecule has 9 heteroatoms. The minimum absolute atomic E-state index is 0.110. The third kappa shape index (κ3) is 4.19. The van der Waals surface area contributed by atoms with Gasteiger partial charge in [0.15, 0.2) is 5.65 Å². The summed E-state index contributed by atoms with van der Waals surface area (Å²) in [6.07, 6.45) is 0. The van der Waals surface area contributed by atoms with Crippen LogP contribution in [0.5, 0.6) is 5.75 Å². The van der Waals surface area contributed by atoms with E-state index in [2.05, 4.69) is 20.6 Å². The molecule has 146 valence electrons. The van der Waals surface area contributed by atoms with Crippen LogP contribution in [0.3, 0.4) is 0 Å². The second-order valence-electron chi connectivity index (χ2n) is 6.02. The lowest BCUT2D eigenvalue weighted by atomic mass is 10.1. The van der Waals surface area contributed by atoms with Gasteiger partial charge in [0.05, 0.1) is 18.6 Å². The Morgan fingerprint density at radius 1 is 1.10 bits per heavy atom. The standard InChI is InChI=1S/C20H16FN5O2S/c1-28-17-5-3-2-4-15(17)16-10-11-18-23-24-20(26(18)25-16)29-12-19(27)22-14-8-6-13(21)7-9-14/h2-11H,12H2,1H3,(H,22,27). The van der Waals surface area contributed by atoms with E-state index in [1.165, 1.54) is 36.0 Å². The molecule has 0 spiro atoms. The number of aromatic nitrogens is 4. The summed E-state index contributed by atoms with van der Waals surface area (Å²) < 4.78 is 20.0. The summed E-state index contributed by atoms with van der Waals surface area (Å²) in [6, 6.07) is 16.8. The van der Waals surface area contributed by atoms with Crippen molar-refractivity contribution in [2.75, 3.05) is 18.2 Å². The van der Waals surface area contributed by atoms with Crippen LogP contribution in [0.15, 0.2) is 65.8 Å². The van der Waals surface area contributed by atoms with E-state index in [1.54, 1.807) is 11.6 Å². The van der Waals surface area contributed by atoms with Gasteiger partial charge in [-0.15, -0.1) is 10.2 Å². The van der Waals surface area contributed by atoms with Gasteiger partial charge < -0.3 is 10.1 Å². The number of carbonyl (C=O) groups is 1. The first-order valence-electron chi connectivity index (χ1n) is 8.68. The van der Waals surface area contributed by atoms with Crippen LogP contribution in [0, 0.1) is 5.82 Å². The van der Waals surface area contributed by atoms with Crippen LogP contribution >= 0.6 is 11.8 Å². The van der Waals surface area contributed by atoms with E-state index in [0.29, 0.717) is 27.9 Å². The fourth-order valence-corrected chi connectivity index (χ4v) is 3.41. The first-order chi connectivity index (χ1) is 14.1. The number of para-hydroxylation sites is 1. The molecule has 0 unspecified atom stereocenters. The van der Waals surface area contributed by atoms with E-state index < -0.39 is 0 Å². The van der Waals surface area contributed by atoms with Gasteiger partial charge in [-0.2, -0.15) is 9.61 Å². The van der Waals surface area contributed by atoms with E-state index >= 15 is 0 Å². The van der Waals surface area contributed by atoms with Crippen LogP contribution in [0.4, 0.5) is 10.1 Å². The van der Waals surface area contributed by atoms with Crippen LogP contribution < -0.4 is 10.1 Å². The molecule has 2 aromatic heterocycles. The Morgan fingerprint density at radius 2 is 1.90 bits per heavy atom. The summed E-state index contributed by atoms with van der Waals surface area (Å²) in [5.74, 6) is 0.224. The number of ether oxygens (including phenoxy) is 1. The van der Waals surface area contributed by atoms with E-state index in [9.17, 15) is 9.18 Å². The molecule has 0 atom stereocenters. The van der Waals surface area contributed by atoms with Crippen LogP contribution in [-0.4, -0.2) is 38.6 Å². The topological polar surface area (TPSA) is 81.4 Å². The molecule has 2 heterocycles. The van der Waals surface area contributed by atoms with Crippen molar-refractivity contribution in [3.8, 4) is 17.0 Å². The molecule has 2 aromatic carbocycles. The van der Waals surface area contributed by atoms with E-state index in [1.807, 2.05) is 36.4 Å². The smallest absolute Gasteiger partial charge is 0.234 e. The van der Waals surface area contributed by atoms with Gasteiger partial charge in [0, 0.05) is 11.3 Å². The van der Waals surface area contributed by atoms with Gasteiger partial charge in [-0.3, -0.25) is 4.79 Å². The molecule has 0 aliphatic rings. The first kappa shape index (κ1) is 18.9. The molecule has 0 saturated heterocycles. The Bertz CT molecular complexity index is 1160. The summed E-state index contributed by atoms with van der Waals surface area (Å²) >= 11 is 1.21. The number of fused-ring (bicyclic) bond motifs is 1. The molecule has 7 nitrogen and oxygen atoms in total. The van der Waals surface area contributed by atoms with Gasteiger partial charge >= 0.3 is 0 Å². The second kappa shape index (κ2) is 8.27. The Labute approximate surface area is 169 Å². The molecule has 1 amide bonds. The third-order valence-corrected chi connectivity index (χ3v) is 5.00. The molecule has 0 fully saturated rings. The Hall–Kier alpha value is -3.46. The summed E-state index contributed by atoms with van der Waals surface area (Å²) in [7, 11) is 1.61. The number of carbonyl (C=O) groups excluding carboxylic acids is 1. The average Bonchev–Trinajstić information content (AvgIpc) is 3.16. The molecular formula is C20H16FN5O2S. The molecule has 0 aliphatic heterocycles. The zero-order chi connectivity index (χ0) is 20.2. The number of rotatable bonds is 6. The van der Waals surface area contributed by atoms with Gasteiger partial charge in [-0.1, -0.05) is 23.9 Å². The second-order valence-corrected chi connectivity index (χ2v) is 6.96. The van der Waals surface area contributed by atoms with Gasteiger partial charge in [0.2, 0.25) is 11.1 Å². The average molecular weight is 409 g/mol. The van der Waals surface area contributed by atoms with Gasteiger partial charge in [0.25, 0.3) is 0 Å². The summed E-state index contributed by atoms with van der Waals surface area (Å²) in [5.41, 5.74) is 2.65. The zero-order valence-corrected chi connectivity index (χ0v) is 16.2. The fraction of sp³-hybridized carbons (Fsp3) is 0.100. The predicted molar refractivity (Wildman–Crippen MR) is 109 cm³/mol. The number of amides is 1. The Balaban J connectivity index is 1.52. The zero-order valence-electron chi connectivity index (χ0n) is 15.4.